The number of benzene rings is 1. The molecule has 0 N–H and O–H groups in total. The molecule has 1 aliphatic heterocycles. The van der Waals surface area contributed by atoms with E-state index in [1.807, 2.05) is 12.1 Å². The van der Waals surface area contributed by atoms with Crippen molar-refractivity contribution < 1.29 is 4.39 Å². The van der Waals surface area contributed by atoms with Gasteiger partial charge in [-0.3, -0.25) is 4.99 Å². The highest BCUT2D eigenvalue weighted by atomic mass is 79.9. The normalized spacial score (nSPS) is 23.6. The fraction of sp³-hybridized carbons (Fsp3) is 0.278. The average molecular weight is 344 g/mol. The second-order valence-electron chi connectivity index (χ2n) is 5.73. The number of hydrogen-bond acceptors (Lipinski definition) is 1. The SMILES string of the molecule is Fc1ccc(C2C3=CCCCC3=NC3=C2CC=C3)cc1Br. The zero-order chi connectivity index (χ0) is 14.4. The minimum atomic E-state index is -0.208. The van der Waals surface area contributed by atoms with Crippen molar-refractivity contribution >= 4 is 21.6 Å². The molecule has 106 valence electrons. The minimum Gasteiger partial charge on any atom is -0.253 e. The maximum atomic E-state index is 13.6. The van der Waals surface area contributed by atoms with Crippen LogP contribution in [0.1, 0.15) is 37.2 Å². The van der Waals surface area contributed by atoms with Crippen LogP contribution in [0.2, 0.25) is 0 Å². The number of rotatable bonds is 1. The molecule has 0 radical (unpaired) electrons. The van der Waals surface area contributed by atoms with Gasteiger partial charge in [0.15, 0.2) is 0 Å². The first-order valence-electron chi connectivity index (χ1n) is 7.36. The lowest BCUT2D eigenvalue weighted by molar-refractivity contribution is 0.619. The highest BCUT2D eigenvalue weighted by molar-refractivity contribution is 9.10. The highest BCUT2D eigenvalue weighted by Gasteiger charge is 2.32. The molecule has 1 aromatic rings. The van der Waals surface area contributed by atoms with E-state index in [-0.39, 0.29) is 11.7 Å². The van der Waals surface area contributed by atoms with Gasteiger partial charge in [0, 0.05) is 11.6 Å². The topological polar surface area (TPSA) is 12.4 Å². The standard InChI is InChI=1S/C18H15BrFN/c19-14-10-11(8-9-15(14)20)18-12-4-1-2-6-16(12)21-17-7-3-5-13(17)18/h3-4,7-10,18H,1-2,5-6H2. The van der Waals surface area contributed by atoms with Crippen molar-refractivity contribution in [3.05, 3.63) is 69.1 Å². The van der Waals surface area contributed by atoms with Gasteiger partial charge in [-0.05, 0) is 76.5 Å². The lowest BCUT2D eigenvalue weighted by atomic mass is 9.76. The van der Waals surface area contributed by atoms with Crippen molar-refractivity contribution in [2.75, 3.05) is 0 Å². The summed E-state index contributed by atoms with van der Waals surface area (Å²) >= 11 is 3.32. The van der Waals surface area contributed by atoms with Crippen LogP contribution in [-0.2, 0) is 0 Å². The third-order valence-corrected chi connectivity index (χ3v) is 5.06. The lowest BCUT2D eigenvalue weighted by Crippen LogP contribution is -2.21. The molecule has 0 aromatic heterocycles. The molecule has 3 aliphatic rings. The van der Waals surface area contributed by atoms with Crippen molar-refractivity contribution in [2.45, 2.75) is 31.6 Å². The van der Waals surface area contributed by atoms with Crippen LogP contribution in [0.25, 0.3) is 0 Å². The van der Waals surface area contributed by atoms with E-state index in [4.69, 9.17) is 4.99 Å². The Morgan fingerprint density at radius 1 is 1.29 bits per heavy atom. The van der Waals surface area contributed by atoms with Crippen molar-refractivity contribution in [2.24, 2.45) is 4.99 Å². The van der Waals surface area contributed by atoms with Gasteiger partial charge in [0.25, 0.3) is 0 Å². The summed E-state index contributed by atoms with van der Waals surface area (Å²) in [6, 6.07) is 5.38. The van der Waals surface area contributed by atoms with Crippen LogP contribution >= 0.6 is 15.9 Å². The van der Waals surface area contributed by atoms with Crippen LogP contribution in [0.4, 0.5) is 4.39 Å². The Morgan fingerprint density at radius 3 is 3.05 bits per heavy atom. The first-order chi connectivity index (χ1) is 10.2. The molecule has 1 heterocycles. The molecule has 0 saturated heterocycles. The van der Waals surface area contributed by atoms with Crippen LogP contribution in [0.3, 0.4) is 0 Å². The summed E-state index contributed by atoms with van der Waals surface area (Å²) < 4.78 is 14.1. The summed E-state index contributed by atoms with van der Waals surface area (Å²) in [7, 11) is 0. The number of hydrogen-bond donors (Lipinski definition) is 0. The number of halogens is 2. The molecule has 0 saturated carbocycles. The average Bonchev–Trinajstić information content (AvgIpc) is 2.95. The second-order valence-corrected chi connectivity index (χ2v) is 6.59. The fourth-order valence-electron chi connectivity index (χ4n) is 3.48. The largest absolute Gasteiger partial charge is 0.253 e. The molecular weight excluding hydrogens is 329 g/mol. The summed E-state index contributed by atoms with van der Waals surface area (Å²) in [6.07, 6.45) is 10.9. The molecule has 0 amide bonds. The zero-order valence-corrected chi connectivity index (χ0v) is 13.2. The Hall–Kier alpha value is -1.48. The van der Waals surface area contributed by atoms with E-state index in [9.17, 15) is 4.39 Å². The fourth-order valence-corrected chi connectivity index (χ4v) is 3.88. The van der Waals surface area contributed by atoms with Crippen molar-refractivity contribution in [1.29, 1.82) is 0 Å². The molecule has 0 spiro atoms. The maximum Gasteiger partial charge on any atom is 0.137 e. The summed E-state index contributed by atoms with van der Waals surface area (Å²) in [5.74, 6) is 0.0273. The monoisotopic (exact) mass is 343 g/mol. The molecule has 1 unspecified atom stereocenters. The van der Waals surface area contributed by atoms with Gasteiger partial charge in [-0.1, -0.05) is 18.2 Å². The molecule has 21 heavy (non-hydrogen) atoms. The smallest absolute Gasteiger partial charge is 0.137 e. The van der Waals surface area contributed by atoms with Gasteiger partial charge in [0.05, 0.1) is 10.2 Å². The Bertz CT molecular complexity index is 740. The molecule has 4 rings (SSSR count). The molecular formula is C18H15BrFN. The van der Waals surface area contributed by atoms with E-state index in [2.05, 4.69) is 34.2 Å². The third-order valence-electron chi connectivity index (χ3n) is 4.45. The predicted octanol–water partition coefficient (Wildman–Crippen LogP) is 5.45. The van der Waals surface area contributed by atoms with Gasteiger partial charge in [-0.25, -0.2) is 4.39 Å². The van der Waals surface area contributed by atoms with Gasteiger partial charge in [-0.15, -0.1) is 0 Å². The third kappa shape index (κ3) is 2.15. The van der Waals surface area contributed by atoms with Crippen LogP contribution in [0.5, 0.6) is 0 Å². The first-order valence-corrected chi connectivity index (χ1v) is 8.16. The van der Waals surface area contributed by atoms with Crippen LogP contribution in [-0.4, -0.2) is 5.71 Å². The molecule has 1 atom stereocenters. The molecule has 0 fully saturated rings. The number of nitrogens with zero attached hydrogens (tertiary/aromatic N) is 1. The van der Waals surface area contributed by atoms with Crippen LogP contribution < -0.4 is 0 Å². The van der Waals surface area contributed by atoms with E-state index in [1.165, 1.54) is 23.3 Å². The molecule has 1 nitrogen and oxygen atoms in total. The first kappa shape index (κ1) is 13.2. The van der Waals surface area contributed by atoms with E-state index in [0.717, 1.165) is 30.5 Å². The van der Waals surface area contributed by atoms with Gasteiger partial charge in [-0.2, -0.15) is 0 Å². The summed E-state index contributed by atoms with van der Waals surface area (Å²) in [5, 5.41) is 0. The zero-order valence-electron chi connectivity index (χ0n) is 11.6. The Balaban J connectivity index is 1.87. The molecule has 3 heteroatoms. The van der Waals surface area contributed by atoms with Crippen molar-refractivity contribution in [3.8, 4) is 0 Å². The quantitative estimate of drug-likeness (QED) is 0.642. The maximum absolute atomic E-state index is 13.6. The van der Waals surface area contributed by atoms with E-state index < -0.39 is 0 Å². The van der Waals surface area contributed by atoms with E-state index >= 15 is 0 Å². The summed E-state index contributed by atoms with van der Waals surface area (Å²) in [4.78, 5) is 4.84. The van der Waals surface area contributed by atoms with Crippen LogP contribution in [0.15, 0.2) is 62.7 Å². The molecule has 1 aromatic carbocycles. The van der Waals surface area contributed by atoms with E-state index in [1.54, 1.807) is 6.07 Å². The highest BCUT2D eigenvalue weighted by Crippen LogP contribution is 2.45. The van der Waals surface area contributed by atoms with Gasteiger partial charge in [0.1, 0.15) is 5.82 Å². The minimum absolute atomic E-state index is 0.208. The predicted molar refractivity (Wildman–Crippen MR) is 87.0 cm³/mol. The Kier molecular flexibility index (Phi) is 3.18. The lowest BCUT2D eigenvalue weighted by Gasteiger charge is -2.30. The van der Waals surface area contributed by atoms with Gasteiger partial charge >= 0.3 is 0 Å². The second kappa shape index (κ2) is 5.06. The molecule has 2 aliphatic carbocycles. The van der Waals surface area contributed by atoms with E-state index in [0.29, 0.717) is 4.47 Å². The Morgan fingerprint density at radius 2 is 2.19 bits per heavy atom. The van der Waals surface area contributed by atoms with Gasteiger partial charge < -0.3 is 0 Å². The van der Waals surface area contributed by atoms with Crippen molar-refractivity contribution in [3.63, 3.8) is 0 Å². The van der Waals surface area contributed by atoms with Gasteiger partial charge in [0.2, 0.25) is 0 Å². The summed E-state index contributed by atoms with van der Waals surface area (Å²) in [5.41, 5.74) is 6.18. The summed E-state index contributed by atoms with van der Waals surface area (Å²) in [6.45, 7) is 0. The number of allylic oxidation sites excluding steroid dienone is 5. The number of fused-ring (bicyclic) bond motifs is 1. The van der Waals surface area contributed by atoms with Crippen molar-refractivity contribution in [1.82, 2.24) is 0 Å². The number of aliphatic imine (C=N–C) groups is 1. The molecule has 0 bridgehead atoms. The van der Waals surface area contributed by atoms with Crippen LogP contribution in [0, 0.1) is 5.82 Å². The Labute approximate surface area is 132 Å².